The summed E-state index contributed by atoms with van der Waals surface area (Å²) >= 11 is 0. The van der Waals surface area contributed by atoms with E-state index in [1.165, 1.54) is 19.3 Å². The highest BCUT2D eigenvalue weighted by Crippen LogP contribution is 2.80. The van der Waals surface area contributed by atoms with E-state index in [1.807, 2.05) is 19.9 Å². The highest BCUT2D eigenvalue weighted by molar-refractivity contribution is 5.34. The maximum absolute atomic E-state index is 11.9. The van der Waals surface area contributed by atoms with Crippen molar-refractivity contribution in [2.24, 2.45) is 50.7 Å². The van der Waals surface area contributed by atoms with Gasteiger partial charge in [0, 0.05) is 16.2 Å². The summed E-state index contributed by atoms with van der Waals surface area (Å²) in [6.45, 7) is 15.7. The van der Waals surface area contributed by atoms with Crippen LogP contribution >= 0.6 is 0 Å². The van der Waals surface area contributed by atoms with E-state index in [0.717, 1.165) is 32.1 Å². The summed E-state index contributed by atoms with van der Waals surface area (Å²) in [4.78, 5) is 0. The SMILES string of the molecule is C[C@H](C/C=C/C(C)(C)O)[C@H]1CC[C@@]2(C)C3C=C[C@@]45CC(O)[C@]3(CC[C@]12C)C4CC[C@H](O)C5(C)C. The Balaban J connectivity index is 1.50. The fourth-order valence-corrected chi connectivity index (χ4v) is 10.8. The zero-order valence-corrected chi connectivity index (χ0v) is 22.8. The van der Waals surface area contributed by atoms with Crippen molar-refractivity contribution in [3.8, 4) is 0 Å². The average Bonchev–Trinajstić information content (AvgIpc) is 3.09. The molecule has 0 amide bonds. The highest BCUT2D eigenvalue weighted by atomic mass is 16.3. The van der Waals surface area contributed by atoms with E-state index in [-0.39, 0.29) is 39.3 Å². The first-order valence-electron chi connectivity index (χ1n) is 14.1. The van der Waals surface area contributed by atoms with Crippen LogP contribution in [0.25, 0.3) is 0 Å². The standard InChI is InChI=1S/C31H50O3/c1-20(9-8-14-26(2,3)34)21-12-15-29(7)22-13-16-30-19-25(33)31(22,18-17-28(21,29)6)23(30)10-11-24(32)27(30,4)5/h8,13-14,16,20-25,32-34H,9-12,15,17-19H2,1-7H3/b14-8+/t20-,21-,22?,23?,24+,25?,28-,29+,30-,31+/m1/s1. The Hall–Kier alpha value is -0.640. The van der Waals surface area contributed by atoms with Gasteiger partial charge in [-0.05, 0) is 99.7 Å². The summed E-state index contributed by atoms with van der Waals surface area (Å²) < 4.78 is 0. The van der Waals surface area contributed by atoms with Crippen LogP contribution < -0.4 is 0 Å². The van der Waals surface area contributed by atoms with Crippen molar-refractivity contribution in [1.29, 1.82) is 0 Å². The van der Waals surface area contributed by atoms with E-state index in [4.69, 9.17) is 0 Å². The van der Waals surface area contributed by atoms with E-state index in [9.17, 15) is 15.3 Å². The second-order valence-corrected chi connectivity index (χ2v) is 14.8. The largest absolute Gasteiger partial charge is 0.393 e. The maximum atomic E-state index is 11.9. The molecule has 0 radical (unpaired) electrons. The molecule has 0 aromatic rings. The summed E-state index contributed by atoms with van der Waals surface area (Å²) in [7, 11) is 0. The first kappa shape index (κ1) is 25.0. The van der Waals surface area contributed by atoms with Gasteiger partial charge in [0.05, 0.1) is 17.8 Å². The average molecular weight is 471 g/mol. The second kappa shape index (κ2) is 7.45. The normalized spacial score (nSPS) is 52.4. The number of aliphatic hydroxyl groups is 3. The number of rotatable bonds is 4. The lowest BCUT2D eigenvalue weighted by molar-refractivity contribution is -0.182. The van der Waals surface area contributed by atoms with Crippen LogP contribution in [0.1, 0.15) is 99.8 Å². The van der Waals surface area contributed by atoms with E-state index >= 15 is 0 Å². The van der Waals surface area contributed by atoms with Gasteiger partial charge in [-0.3, -0.25) is 0 Å². The molecule has 0 aliphatic heterocycles. The third kappa shape index (κ3) is 2.93. The lowest BCUT2D eigenvalue weighted by atomic mass is 9.38. The molecule has 192 valence electrons. The molecule has 0 heterocycles. The van der Waals surface area contributed by atoms with Crippen molar-refractivity contribution in [3.63, 3.8) is 0 Å². The van der Waals surface area contributed by atoms with E-state index in [0.29, 0.717) is 23.7 Å². The van der Waals surface area contributed by atoms with Crippen LogP contribution in [0.15, 0.2) is 24.3 Å². The Morgan fingerprint density at radius 3 is 2.35 bits per heavy atom. The predicted molar refractivity (Wildman–Crippen MR) is 138 cm³/mol. The lowest BCUT2D eigenvalue weighted by Gasteiger charge is -2.66. The monoisotopic (exact) mass is 470 g/mol. The molecule has 0 aromatic heterocycles. The minimum Gasteiger partial charge on any atom is -0.393 e. The molecule has 3 unspecified atom stereocenters. The maximum Gasteiger partial charge on any atom is 0.0771 e. The molecule has 4 saturated carbocycles. The molecule has 3 heteroatoms. The van der Waals surface area contributed by atoms with Crippen molar-refractivity contribution in [3.05, 3.63) is 24.3 Å². The molecule has 5 aliphatic carbocycles. The molecule has 5 aliphatic rings. The highest BCUT2D eigenvalue weighted by Gasteiger charge is 2.76. The van der Waals surface area contributed by atoms with E-state index < -0.39 is 5.60 Å². The molecule has 5 rings (SSSR count). The van der Waals surface area contributed by atoms with Crippen molar-refractivity contribution < 1.29 is 15.3 Å². The first-order valence-corrected chi connectivity index (χ1v) is 14.1. The fraction of sp³-hybridized carbons (Fsp3) is 0.871. The zero-order chi connectivity index (χ0) is 24.9. The number of allylic oxidation sites excluding steroid dienone is 3. The second-order valence-electron chi connectivity index (χ2n) is 14.8. The van der Waals surface area contributed by atoms with Crippen LogP contribution in [-0.2, 0) is 0 Å². The third-order valence-corrected chi connectivity index (χ3v) is 12.9. The van der Waals surface area contributed by atoms with Gasteiger partial charge in [0.25, 0.3) is 0 Å². The lowest BCUT2D eigenvalue weighted by Crippen LogP contribution is -2.62. The molecule has 3 nitrogen and oxygen atoms in total. The Labute approximate surface area is 208 Å². The van der Waals surface area contributed by atoms with Gasteiger partial charge in [-0.25, -0.2) is 0 Å². The molecular formula is C31H50O3. The van der Waals surface area contributed by atoms with E-state index in [1.54, 1.807) is 0 Å². The van der Waals surface area contributed by atoms with Crippen molar-refractivity contribution in [2.75, 3.05) is 0 Å². The van der Waals surface area contributed by atoms with Crippen LogP contribution in [-0.4, -0.2) is 33.1 Å². The number of aliphatic hydroxyl groups excluding tert-OH is 2. The molecule has 34 heavy (non-hydrogen) atoms. The Morgan fingerprint density at radius 2 is 1.68 bits per heavy atom. The van der Waals surface area contributed by atoms with Crippen LogP contribution in [0.3, 0.4) is 0 Å². The topological polar surface area (TPSA) is 60.7 Å². The summed E-state index contributed by atoms with van der Waals surface area (Å²) in [6.07, 6.45) is 17.2. The van der Waals surface area contributed by atoms with Crippen LogP contribution in [0, 0.1) is 50.7 Å². The van der Waals surface area contributed by atoms with Crippen LogP contribution in [0.5, 0.6) is 0 Å². The molecule has 10 atom stereocenters. The Bertz CT molecular complexity index is 882. The minimum absolute atomic E-state index is 0.0284. The summed E-state index contributed by atoms with van der Waals surface area (Å²) in [6, 6.07) is 0. The summed E-state index contributed by atoms with van der Waals surface area (Å²) in [5, 5.41) is 33.0. The van der Waals surface area contributed by atoms with Crippen molar-refractivity contribution in [2.45, 2.75) is 118 Å². The van der Waals surface area contributed by atoms with Crippen LogP contribution in [0.2, 0.25) is 0 Å². The molecule has 1 spiro atoms. The van der Waals surface area contributed by atoms with Gasteiger partial charge in [0.1, 0.15) is 0 Å². The molecule has 2 bridgehead atoms. The predicted octanol–water partition coefficient (Wildman–Crippen LogP) is 6.28. The first-order chi connectivity index (χ1) is 15.7. The molecule has 3 N–H and O–H groups in total. The number of hydrogen-bond donors (Lipinski definition) is 3. The summed E-state index contributed by atoms with van der Waals surface area (Å²) in [5.41, 5.74) is -0.579. The Morgan fingerprint density at radius 1 is 0.971 bits per heavy atom. The van der Waals surface area contributed by atoms with Gasteiger partial charge in [0.15, 0.2) is 0 Å². The van der Waals surface area contributed by atoms with E-state index in [2.05, 4.69) is 52.8 Å². The number of hydrogen-bond acceptors (Lipinski definition) is 3. The van der Waals surface area contributed by atoms with Crippen molar-refractivity contribution >= 4 is 0 Å². The van der Waals surface area contributed by atoms with Gasteiger partial charge >= 0.3 is 0 Å². The smallest absolute Gasteiger partial charge is 0.0771 e. The minimum atomic E-state index is -0.746. The van der Waals surface area contributed by atoms with Crippen molar-refractivity contribution in [1.82, 2.24) is 0 Å². The Kier molecular flexibility index (Phi) is 5.48. The van der Waals surface area contributed by atoms with Gasteiger partial charge in [-0.2, -0.15) is 0 Å². The quantitative estimate of drug-likeness (QED) is 0.424. The van der Waals surface area contributed by atoms with Gasteiger partial charge < -0.3 is 15.3 Å². The molecule has 0 saturated heterocycles. The van der Waals surface area contributed by atoms with Crippen LogP contribution in [0.4, 0.5) is 0 Å². The molecule has 0 aromatic carbocycles. The third-order valence-electron chi connectivity index (χ3n) is 12.9. The van der Waals surface area contributed by atoms with Gasteiger partial charge in [-0.15, -0.1) is 0 Å². The summed E-state index contributed by atoms with van der Waals surface area (Å²) in [5.74, 6) is 2.16. The molecule has 4 fully saturated rings. The number of fused-ring (bicyclic) bond motifs is 2. The van der Waals surface area contributed by atoms with Gasteiger partial charge in [0.2, 0.25) is 0 Å². The zero-order valence-electron chi connectivity index (χ0n) is 22.8. The molecular weight excluding hydrogens is 420 g/mol. The van der Waals surface area contributed by atoms with Gasteiger partial charge in [-0.1, -0.05) is 58.9 Å². The fourth-order valence-electron chi connectivity index (χ4n) is 10.8.